The molecule has 0 heterocycles. The van der Waals surface area contributed by atoms with E-state index < -0.39 is 0 Å². The molecule has 6 N–H and O–H groups in total. The summed E-state index contributed by atoms with van der Waals surface area (Å²) in [5, 5.41) is 68.7. The van der Waals surface area contributed by atoms with Crippen LogP contribution in [0.4, 0.5) is 0 Å². The minimum absolute atomic E-state index is 0.0263. The summed E-state index contributed by atoms with van der Waals surface area (Å²) in [5.41, 5.74) is 17.9. The van der Waals surface area contributed by atoms with Crippen LogP contribution in [0, 0.1) is 27.7 Å². The van der Waals surface area contributed by atoms with Crippen LogP contribution in [-0.4, -0.2) is 75.4 Å². The molecule has 3 fully saturated rings. The lowest BCUT2D eigenvalue weighted by molar-refractivity contribution is 0.316. The van der Waals surface area contributed by atoms with Gasteiger partial charge in [0.15, 0.2) is 23.0 Å². The Morgan fingerprint density at radius 2 is 0.411 bits per heavy atom. The zero-order valence-corrected chi connectivity index (χ0v) is 78.6. The Kier molecular flexibility index (Phi) is 36.0. The van der Waals surface area contributed by atoms with E-state index in [1.165, 1.54) is 149 Å². The molecule has 14 heteroatoms. The van der Waals surface area contributed by atoms with Crippen molar-refractivity contribution in [2.24, 2.45) is 0 Å². The molecule has 9 rings (SSSR count). The standard InChI is InChI=1S/C34H52O4S2.2C32H48O2S2/c1-9-37-27-19-25(33(3,4)5)17-23(31(27)35)21-39-29-15-13-11-12-14-16-30(29)40-22-24-18-26(34(6,7)8)20-28(32(24)36)38-10-2;2*1-21-15-25(31(3,4)5)17-23(29(21)33)19-35-27-13-11-9-10-12-14-28(27)36-20-24-18-26(32(6,7)8)16-22(2)30(24)34/h17-20,29-30,35-36H,9-16,21-22H2,1-8H3;2*15-18,27-28,33-34H,9-14,19-20H2,1-8H3. The van der Waals surface area contributed by atoms with Crippen LogP contribution in [0.2, 0.25) is 0 Å². The van der Waals surface area contributed by atoms with E-state index in [0.717, 1.165) is 90.2 Å². The van der Waals surface area contributed by atoms with E-state index in [2.05, 4.69) is 185 Å². The molecule has 0 spiro atoms. The molecule has 624 valence electrons. The number of aromatic hydroxyl groups is 6. The molecule has 0 bridgehead atoms. The van der Waals surface area contributed by atoms with Gasteiger partial charge in [-0.15, -0.1) is 0 Å². The Bertz CT molecular complexity index is 3550. The molecule has 8 nitrogen and oxygen atoms in total. The fourth-order valence-corrected chi connectivity index (χ4v) is 24.3. The van der Waals surface area contributed by atoms with Gasteiger partial charge in [-0.2, -0.15) is 70.6 Å². The molecule has 6 aromatic carbocycles. The lowest BCUT2D eigenvalue weighted by atomic mass is 9.85. The highest BCUT2D eigenvalue weighted by molar-refractivity contribution is 8.04. The van der Waals surface area contributed by atoms with E-state index in [0.29, 0.717) is 79.2 Å². The number of phenolic OH excluding ortho intramolecular Hbond substituents is 6. The number of hydrogen-bond donors (Lipinski definition) is 6. The van der Waals surface area contributed by atoms with Crippen LogP contribution in [0.3, 0.4) is 0 Å². The lowest BCUT2D eigenvalue weighted by Gasteiger charge is -2.30. The molecule has 0 radical (unpaired) electrons. The molecule has 6 aromatic rings. The van der Waals surface area contributed by atoms with Crippen molar-refractivity contribution in [1.82, 2.24) is 0 Å². The minimum atomic E-state index is -0.0263. The second-order valence-corrected chi connectivity index (χ2v) is 46.0. The smallest absolute Gasteiger partial charge is 0.161 e. The Hall–Kier alpha value is -4.18. The van der Waals surface area contributed by atoms with Crippen LogP contribution >= 0.6 is 70.6 Å². The van der Waals surface area contributed by atoms with Crippen molar-refractivity contribution in [3.8, 4) is 46.0 Å². The summed E-state index contributed by atoms with van der Waals surface area (Å²) in [6.07, 6.45) is 22.8. The predicted octanol–water partition coefficient (Wildman–Crippen LogP) is 28.9. The number of thioether (sulfide) groups is 6. The van der Waals surface area contributed by atoms with Crippen molar-refractivity contribution >= 4 is 70.6 Å². The second kappa shape index (κ2) is 42.5. The number of benzene rings is 6. The fourth-order valence-electron chi connectivity index (χ4n) is 15.1. The van der Waals surface area contributed by atoms with Crippen molar-refractivity contribution in [3.63, 3.8) is 0 Å². The summed E-state index contributed by atoms with van der Waals surface area (Å²) in [7, 11) is 0. The Balaban J connectivity index is 0.000000234. The van der Waals surface area contributed by atoms with E-state index >= 15 is 0 Å². The molecule has 0 saturated heterocycles. The van der Waals surface area contributed by atoms with Gasteiger partial charge in [0.1, 0.15) is 23.0 Å². The van der Waals surface area contributed by atoms with Crippen LogP contribution in [0.1, 0.15) is 343 Å². The molecule has 0 aliphatic heterocycles. The highest BCUT2D eigenvalue weighted by Gasteiger charge is 2.32. The number of rotatable bonds is 22. The normalized spacial score (nSPS) is 19.3. The van der Waals surface area contributed by atoms with E-state index in [1.807, 2.05) is 124 Å². The molecule has 6 atom stereocenters. The lowest BCUT2D eigenvalue weighted by Crippen LogP contribution is -2.22. The molecule has 6 unspecified atom stereocenters. The van der Waals surface area contributed by atoms with Crippen molar-refractivity contribution in [1.29, 1.82) is 0 Å². The Morgan fingerprint density at radius 3 is 0.571 bits per heavy atom. The van der Waals surface area contributed by atoms with Crippen molar-refractivity contribution in [2.45, 2.75) is 380 Å². The van der Waals surface area contributed by atoms with Gasteiger partial charge >= 0.3 is 0 Å². The molecule has 112 heavy (non-hydrogen) atoms. The summed E-state index contributed by atoms with van der Waals surface area (Å²) < 4.78 is 11.6. The van der Waals surface area contributed by atoms with Crippen molar-refractivity contribution in [2.75, 3.05) is 13.2 Å². The number of hydrogen-bond acceptors (Lipinski definition) is 14. The van der Waals surface area contributed by atoms with Crippen LogP contribution in [0.15, 0.2) is 72.8 Å². The zero-order valence-electron chi connectivity index (χ0n) is 73.7. The van der Waals surface area contributed by atoms with Gasteiger partial charge < -0.3 is 40.1 Å². The number of ether oxygens (including phenoxy) is 2. The highest BCUT2D eigenvalue weighted by Crippen LogP contribution is 2.48. The second-order valence-electron chi connectivity index (χ2n) is 38.6. The Morgan fingerprint density at radius 1 is 0.250 bits per heavy atom. The first kappa shape index (κ1) is 95.0. The van der Waals surface area contributed by atoms with Crippen LogP contribution in [0.5, 0.6) is 46.0 Å². The third-order valence-corrected chi connectivity index (χ3v) is 32.1. The van der Waals surface area contributed by atoms with E-state index in [1.54, 1.807) is 0 Å². The minimum Gasteiger partial charge on any atom is -0.507 e. The summed E-state index contributed by atoms with van der Waals surface area (Å²) in [6, 6.07) is 25.8. The fraction of sp³-hybridized carbons (Fsp3) is 0.633. The van der Waals surface area contributed by atoms with E-state index in [-0.39, 0.29) is 44.0 Å². The zero-order chi connectivity index (χ0) is 82.8. The van der Waals surface area contributed by atoms with Crippen LogP contribution in [-0.2, 0) is 67.0 Å². The first-order valence-corrected chi connectivity index (χ1v) is 48.7. The predicted molar refractivity (Wildman–Crippen MR) is 496 cm³/mol. The summed E-state index contributed by atoms with van der Waals surface area (Å²) in [4.78, 5) is 0. The highest BCUT2D eigenvalue weighted by atomic mass is 32.2. The first-order chi connectivity index (χ1) is 52.4. The van der Waals surface area contributed by atoms with Gasteiger partial charge in [0.2, 0.25) is 0 Å². The summed E-state index contributed by atoms with van der Waals surface area (Å²) >= 11 is 12.1. The van der Waals surface area contributed by atoms with Gasteiger partial charge in [-0.25, -0.2) is 0 Å². The molecule has 3 saturated carbocycles. The largest absolute Gasteiger partial charge is 0.507 e. The first-order valence-electron chi connectivity index (χ1n) is 42.4. The monoisotopic (exact) mass is 1640 g/mol. The van der Waals surface area contributed by atoms with Crippen LogP contribution < -0.4 is 9.47 Å². The maximum absolute atomic E-state index is 11.1. The molecule has 0 aromatic heterocycles. The Labute approximate surface area is 706 Å². The summed E-state index contributed by atoms with van der Waals surface area (Å²) in [5.74, 6) is 8.52. The molecular weight excluding hydrogens is 1500 g/mol. The van der Waals surface area contributed by atoms with Crippen molar-refractivity contribution < 1.29 is 40.1 Å². The molecule has 0 amide bonds. The molecule has 3 aliphatic carbocycles. The van der Waals surface area contributed by atoms with Gasteiger partial charge in [-0.05, 0) is 180 Å². The maximum Gasteiger partial charge on any atom is 0.161 e. The maximum atomic E-state index is 11.1. The van der Waals surface area contributed by atoms with Gasteiger partial charge in [-0.1, -0.05) is 262 Å². The number of aryl methyl sites for hydroxylation is 4. The van der Waals surface area contributed by atoms with E-state index in [9.17, 15) is 30.6 Å². The average Bonchev–Trinajstić information content (AvgIpc) is 0.813. The van der Waals surface area contributed by atoms with Gasteiger partial charge in [-0.3, -0.25) is 0 Å². The van der Waals surface area contributed by atoms with Gasteiger partial charge in [0, 0.05) is 99.4 Å². The molecular formula is C98H148O8S6. The SMILES string of the molecule is CCOc1cc(C(C)(C)C)cc(CSC2CCCCCCC2SCc2cc(C(C)(C)C)cc(OCC)c2O)c1O.Cc1cc(C(C)(C)C)cc(CSC2CCCCCCC2SCc2cc(C(C)(C)C)cc(C)c2O)c1O.Cc1cc(C(C)(C)C)cc(CSC2CCCCCCC2SCc2cc(C(C)(C)C)cc(C)c2O)c1O. The number of phenols is 6. The van der Waals surface area contributed by atoms with Crippen LogP contribution in [0.25, 0.3) is 0 Å². The van der Waals surface area contributed by atoms with Gasteiger partial charge in [0.25, 0.3) is 0 Å². The van der Waals surface area contributed by atoms with E-state index in [4.69, 9.17) is 9.47 Å². The quantitative estimate of drug-likeness (QED) is 0.0384. The third-order valence-electron chi connectivity index (χ3n) is 22.8. The van der Waals surface area contributed by atoms with Gasteiger partial charge in [0.05, 0.1) is 13.2 Å². The average molecular weight is 1650 g/mol. The topological polar surface area (TPSA) is 140 Å². The van der Waals surface area contributed by atoms with Crippen molar-refractivity contribution in [3.05, 3.63) is 162 Å². The third kappa shape index (κ3) is 28.3. The summed E-state index contributed by atoms with van der Waals surface area (Å²) in [6.45, 7) is 53.2. The molecule has 3 aliphatic rings.